The van der Waals surface area contributed by atoms with Crippen LogP contribution >= 0.6 is 11.3 Å². The number of aryl methyl sites for hydroxylation is 2. The molecule has 0 radical (unpaired) electrons. The minimum Gasteiger partial charge on any atom is -0.308 e. The Balaban J connectivity index is 2.00. The summed E-state index contributed by atoms with van der Waals surface area (Å²) in [5, 5.41) is 4.99. The second-order valence-corrected chi connectivity index (χ2v) is 7.26. The third-order valence-corrected chi connectivity index (χ3v) is 5.10. The first-order chi connectivity index (χ1) is 12.0. The molecule has 2 aromatic heterocycles. The third-order valence-electron chi connectivity index (χ3n) is 4.05. The fourth-order valence-electron chi connectivity index (χ4n) is 2.65. The van der Waals surface area contributed by atoms with E-state index in [0.29, 0.717) is 12.2 Å². The van der Waals surface area contributed by atoms with E-state index in [1.807, 2.05) is 27.2 Å². The molecule has 0 aliphatic heterocycles. The lowest BCUT2D eigenvalue weighted by atomic mass is 10.1. The average molecular weight is 357 g/mol. The molecule has 0 unspecified atom stereocenters. The van der Waals surface area contributed by atoms with Crippen molar-refractivity contribution >= 4 is 32.6 Å². The number of benzene rings is 1. The maximum Gasteiger partial charge on any atom is 0.280 e. The number of thiazole rings is 1. The number of fused-ring (bicyclic) bond motifs is 1. The van der Waals surface area contributed by atoms with Crippen LogP contribution in [0.1, 0.15) is 23.0 Å². The molecule has 132 valence electrons. The number of para-hydroxylation sites is 1. The molecule has 1 aromatic carbocycles. The molecule has 3 aromatic rings. The number of aromatic nitrogens is 3. The van der Waals surface area contributed by atoms with Crippen molar-refractivity contribution in [2.45, 2.75) is 13.3 Å². The standard InChI is InChI=1S/C18H23N5OS/c1-5-13-7-6-8-15-16(13)19-18(25-15)23(12-11-21(2)3)17(24)14-9-10-22(4)20-14/h6-10H,5,11-12H2,1-4H3. The maximum absolute atomic E-state index is 13.0. The Kier molecular flexibility index (Phi) is 5.15. The molecule has 0 N–H and O–H groups in total. The normalized spacial score (nSPS) is 11.4. The summed E-state index contributed by atoms with van der Waals surface area (Å²) in [4.78, 5) is 21.6. The first-order valence-electron chi connectivity index (χ1n) is 8.34. The van der Waals surface area contributed by atoms with Crippen LogP contribution in [0.4, 0.5) is 5.13 Å². The topological polar surface area (TPSA) is 54.3 Å². The summed E-state index contributed by atoms with van der Waals surface area (Å²) in [5.74, 6) is -0.112. The highest BCUT2D eigenvalue weighted by molar-refractivity contribution is 7.22. The van der Waals surface area contributed by atoms with Crippen molar-refractivity contribution in [3.05, 3.63) is 41.7 Å². The molecule has 0 aliphatic rings. The molecule has 0 saturated carbocycles. The van der Waals surface area contributed by atoms with Gasteiger partial charge in [0, 0.05) is 26.3 Å². The molecule has 0 fully saturated rings. The number of amides is 1. The van der Waals surface area contributed by atoms with Crippen LogP contribution in [0.3, 0.4) is 0 Å². The number of anilines is 1. The van der Waals surface area contributed by atoms with Crippen LogP contribution in [0.2, 0.25) is 0 Å². The zero-order valence-electron chi connectivity index (χ0n) is 15.1. The molecule has 1 amide bonds. The number of nitrogens with zero attached hydrogens (tertiary/aromatic N) is 5. The molecule has 2 heterocycles. The summed E-state index contributed by atoms with van der Waals surface area (Å²) in [6.45, 7) is 3.45. The van der Waals surface area contributed by atoms with Crippen LogP contribution in [0.15, 0.2) is 30.5 Å². The number of hydrogen-bond donors (Lipinski definition) is 0. The smallest absolute Gasteiger partial charge is 0.280 e. The summed E-state index contributed by atoms with van der Waals surface area (Å²) in [6.07, 6.45) is 2.71. The van der Waals surface area contributed by atoms with Gasteiger partial charge in [-0.1, -0.05) is 30.4 Å². The highest BCUT2D eigenvalue weighted by atomic mass is 32.1. The minimum atomic E-state index is -0.112. The van der Waals surface area contributed by atoms with Crippen LogP contribution in [-0.2, 0) is 13.5 Å². The van der Waals surface area contributed by atoms with Gasteiger partial charge in [0.25, 0.3) is 5.91 Å². The lowest BCUT2D eigenvalue weighted by molar-refractivity contribution is 0.0979. The van der Waals surface area contributed by atoms with E-state index >= 15 is 0 Å². The molecular weight excluding hydrogens is 334 g/mol. The SMILES string of the molecule is CCc1cccc2sc(N(CCN(C)C)C(=O)c3ccn(C)n3)nc12. The third kappa shape index (κ3) is 3.72. The minimum absolute atomic E-state index is 0.112. The molecule has 6 nitrogen and oxygen atoms in total. The Hall–Kier alpha value is -2.25. The lowest BCUT2D eigenvalue weighted by Gasteiger charge is -2.21. The summed E-state index contributed by atoms with van der Waals surface area (Å²) in [7, 11) is 5.81. The predicted octanol–water partition coefficient (Wildman–Crippen LogP) is 2.80. The van der Waals surface area contributed by atoms with Gasteiger partial charge in [0.1, 0.15) is 0 Å². The summed E-state index contributed by atoms with van der Waals surface area (Å²) in [6, 6.07) is 7.95. The molecule has 7 heteroatoms. The van der Waals surface area contributed by atoms with Gasteiger partial charge in [-0.05, 0) is 38.2 Å². The van der Waals surface area contributed by atoms with Crippen molar-refractivity contribution in [1.82, 2.24) is 19.7 Å². The number of likely N-dealkylation sites (N-methyl/N-ethyl adjacent to an activating group) is 1. The van der Waals surface area contributed by atoms with E-state index in [4.69, 9.17) is 4.98 Å². The van der Waals surface area contributed by atoms with Crippen molar-refractivity contribution in [2.24, 2.45) is 7.05 Å². The second kappa shape index (κ2) is 7.33. The van der Waals surface area contributed by atoms with E-state index in [1.165, 1.54) is 5.56 Å². The van der Waals surface area contributed by atoms with Crippen LogP contribution < -0.4 is 4.90 Å². The molecule has 0 aliphatic carbocycles. The zero-order chi connectivity index (χ0) is 18.0. The summed E-state index contributed by atoms with van der Waals surface area (Å²) < 4.78 is 2.75. The van der Waals surface area contributed by atoms with Gasteiger partial charge < -0.3 is 4.90 Å². The fraction of sp³-hybridized carbons (Fsp3) is 0.389. The molecule has 3 rings (SSSR count). The Labute approximate surface area is 151 Å². The number of carbonyl (C=O) groups is 1. The molecule has 25 heavy (non-hydrogen) atoms. The lowest BCUT2D eigenvalue weighted by Crippen LogP contribution is -2.37. The highest BCUT2D eigenvalue weighted by Gasteiger charge is 2.23. The van der Waals surface area contributed by atoms with Crippen molar-refractivity contribution in [3.8, 4) is 0 Å². The van der Waals surface area contributed by atoms with Gasteiger partial charge in [0.2, 0.25) is 0 Å². The number of rotatable bonds is 6. The molecule has 0 bridgehead atoms. The Morgan fingerprint density at radius 1 is 1.24 bits per heavy atom. The van der Waals surface area contributed by atoms with Gasteiger partial charge in [-0.3, -0.25) is 14.4 Å². The van der Waals surface area contributed by atoms with E-state index in [9.17, 15) is 4.79 Å². The average Bonchev–Trinajstić information content (AvgIpc) is 3.20. The quantitative estimate of drug-likeness (QED) is 0.681. The van der Waals surface area contributed by atoms with E-state index in [2.05, 4.69) is 29.1 Å². The molecule has 0 atom stereocenters. The van der Waals surface area contributed by atoms with Crippen LogP contribution in [0, 0.1) is 0 Å². The number of carbonyl (C=O) groups excluding carboxylic acids is 1. The largest absolute Gasteiger partial charge is 0.308 e. The van der Waals surface area contributed by atoms with Crippen LogP contribution in [-0.4, -0.2) is 52.8 Å². The summed E-state index contributed by atoms with van der Waals surface area (Å²) >= 11 is 1.56. The van der Waals surface area contributed by atoms with Crippen molar-refractivity contribution < 1.29 is 4.79 Å². The predicted molar refractivity (Wildman–Crippen MR) is 102 cm³/mol. The number of hydrogen-bond acceptors (Lipinski definition) is 5. The first-order valence-corrected chi connectivity index (χ1v) is 9.16. The first kappa shape index (κ1) is 17.6. The van der Waals surface area contributed by atoms with Crippen molar-refractivity contribution in [3.63, 3.8) is 0 Å². The van der Waals surface area contributed by atoms with E-state index < -0.39 is 0 Å². The van der Waals surface area contributed by atoms with E-state index in [1.54, 1.807) is 33.2 Å². The van der Waals surface area contributed by atoms with Gasteiger partial charge in [0.05, 0.1) is 10.2 Å². The van der Waals surface area contributed by atoms with E-state index in [-0.39, 0.29) is 5.91 Å². The van der Waals surface area contributed by atoms with Gasteiger partial charge in [-0.25, -0.2) is 4.98 Å². The monoisotopic (exact) mass is 357 g/mol. The molecule has 0 spiro atoms. The summed E-state index contributed by atoms with van der Waals surface area (Å²) in [5.41, 5.74) is 2.64. The maximum atomic E-state index is 13.0. The Bertz CT molecular complexity index is 883. The van der Waals surface area contributed by atoms with Gasteiger partial charge in [0.15, 0.2) is 10.8 Å². The zero-order valence-corrected chi connectivity index (χ0v) is 15.9. The van der Waals surface area contributed by atoms with E-state index in [0.717, 1.165) is 28.3 Å². The molecular formula is C18H23N5OS. The van der Waals surface area contributed by atoms with Crippen LogP contribution in [0.5, 0.6) is 0 Å². The van der Waals surface area contributed by atoms with Crippen molar-refractivity contribution in [2.75, 3.05) is 32.1 Å². The Morgan fingerprint density at radius 2 is 2.04 bits per heavy atom. The van der Waals surface area contributed by atoms with Crippen molar-refractivity contribution in [1.29, 1.82) is 0 Å². The highest BCUT2D eigenvalue weighted by Crippen LogP contribution is 2.31. The molecule has 0 saturated heterocycles. The van der Waals surface area contributed by atoms with Gasteiger partial charge >= 0.3 is 0 Å². The van der Waals surface area contributed by atoms with Crippen LogP contribution in [0.25, 0.3) is 10.2 Å². The fourth-order valence-corrected chi connectivity index (χ4v) is 3.68. The van der Waals surface area contributed by atoms with Gasteiger partial charge in [-0.2, -0.15) is 5.10 Å². The van der Waals surface area contributed by atoms with Gasteiger partial charge in [-0.15, -0.1) is 0 Å². The second-order valence-electron chi connectivity index (χ2n) is 6.25. The Morgan fingerprint density at radius 3 is 2.68 bits per heavy atom.